The number of nitrogens with one attached hydrogen (secondary N) is 1. The Kier molecular flexibility index (Phi) is 9.11. The van der Waals surface area contributed by atoms with Gasteiger partial charge in [0.1, 0.15) is 35.4 Å². The van der Waals surface area contributed by atoms with E-state index in [1.807, 2.05) is 69.3 Å². The van der Waals surface area contributed by atoms with Crippen LogP contribution in [0.25, 0.3) is 11.0 Å². The molecule has 10 nitrogen and oxygen atoms in total. The first-order valence-electron chi connectivity index (χ1n) is 13.4. The third-order valence-corrected chi connectivity index (χ3v) is 7.20. The van der Waals surface area contributed by atoms with Gasteiger partial charge in [-0.15, -0.1) is 5.10 Å². The minimum atomic E-state index is -1.05. The normalized spacial score (nSPS) is 12.0. The second-order valence-corrected chi connectivity index (χ2v) is 10.3. The van der Waals surface area contributed by atoms with Gasteiger partial charge in [-0.05, 0) is 50.6 Å². The Morgan fingerprint density at radius 3 is 2.37 bits per heavy atom. The lowest BCUT2D eigenvalue weighted by molar-refractivity contribution is -0.143. The number of methoxy groups -OCH3 is 3. The SMILES string of the molecule is CCC(C)(C)NC(=O)C(c1ccc(OC)cc1OC)N(Cc1ccccc1OC)C(=O)Cn1nnc2ccccc21. The van der Waals surface area contributed by atoms with Crippen molar-refractivity contribution in [3.63, 3.8) is 0 Å². The Morgan fingerprint density at radius 1 is 0.951 bits per heavy atom. The lowest BCUT2D eigenvalue weighted by Gasteiger charge is -2.35. The summed E-state index contributed by atoms with van der Waals surface area (Å²) in [5.74, 6) is 0.912. The monoisotopic (exact) mass is 559 g/mol. The topological polar surface area (TPSA) is 108 Å². The van der Waals surface area contributed by atoms with Gasteiger partial charge in [-0.2, -0.15) is 0 Å². The summed E-state index contributed by atoms with van der Waals surface area (Å²) in [4.78, 5) is 30.0. The van der Waals surface area contributed by atoms with Crippen molar-refractivity contribution in [3.8, 4) is 17.2 Å². The van der Waals surface area contributed by atoms with Crippen LogP contribution < -0.4 is 19.5 Å². The molecule has 216 valence electrons. The third kappa shape index (κ3) is 6.59. The van der Waals surface area contributed by atoms with Gasteiger partial charge in [0.2, 0.25) is 11.8 Å². The molecule has 0 saturated carbocycles. The zero-order valence-electron chi connectivity index (χ0n) is 24.4. The summed E-state index contributed by atoms with van der Waals surface area (Å²) in [6.45, 7) is 5.85. The number of para-hydroxylation sites is 2. The maximum Gasteiger partial charge on any atom is 0.248 e. The zero-order valence-corrected chi connectivity index (χ0v) is 24.4. The van der Waals surface area contributed by atoms with Crippen LogP contribution in [-0.2, 0) is 22.7 Å². The van der Waals surface area contributed by atoms with Gasteiger partial charge >= 0.3 is 0 Å². The molecule has 10 heteroatoms. The van der Waals surface area contributed by atoms with Crippen LogP contribution in [0.3, 0.4) is 0 Å². The second-order valence-electron chi connectivity index (χ2n) is 10.3. The highest BCUT2D eigenvalue weighted by Crippen LogP contribution is 2.35. The van der Waals surface area contributed by atoms with Gasteiger partial charge in [0.25, 0.3) is 0 Å². The van der Waals surface area contributed by atoms with E-state index >= 15 is 0 Å². The predicted molar refractivity (Wildman–Crippen MR) is 156 cm³/mol. The van der Waals surface area contributed by atoms with Crippen molar-refractivity contribution in [1.29, 1.82) is 0 Å². The fraction of sp³-hybridized carbons (Fsp3) is 0.355. The molecule has 4 aromatic rings. The number of aromatic nitrogens is 3. The quantitative estimate of drug-likeness (QED) is 0.272. The molecule has 4 rings (SSSR count). The van der Waals surface area contributed by atoms with Gasteiger partial charge < -0.3 is 24.4 Å². The van der Waals surface area contributed by atoms with Gasteiger partial charge in [0.15, 0.2) is 0 Å². The number of ether oxygens (including phenoxy) is 3. The van der Waals surface area contributed by atoms with Crippen molar-refractivity contribution in [2.45, 2.75) is 51.9 Å². The smallest absolute Gasteiger partial charge is 0.248 e. The van der Waals surface area contributed by atoms with Crippen molar-refractivity contribution in [1.82, 2.24) is 25.2 Å². The molecule has 0 aliphatic heterocycles. The second kappa shape index (κ2) is 12.7. The molecule has 1 unspecified atom stereocenters. The Hall–Kier alpha value is -4.60. The van der Waals surface area contributed by atoms with Crippen molar-refractivity contribution in [2.75, 3.05) is 21.3 Å². The third-order valence-electron chi connectivity index (χ3n) is 7.20. The van der Waals surface area contributed by atoms with Crippen LogP contribution in [0.15, 0.2) is 66.7 Å². The fourth-order valence-electron chi connectivity index (χ4n) is 4.58. The lowest BCUT2D eigenvalue weighted by Crippen LogP contribution is -2.50. The predicted octanol–water partition coefficient (Wildman–Crippen LogP) is 4.53. The number of hydrogen-bond donors (Lipinski definition) is 1. The molecule has 0 aliphatic rings. The molecule has 2 amide bonds. The first kappa shape index (κ1) is 29.4. The van der Waals surface area contributed by atoms with E-state index < -0.39 is 11.6 Å². The van der Waals surface area contributed by atoms with E-state index in [0.29, 0.717) is 40.3 Å². The first-order valence-corrected chi connectivity index (χ1v) is 13.4. The number of carbonyl (C=O) groups excluding carboxylic acids is 2. The highest BCUT2D eigenvalue weighted by atomic mass is 16.5. The maximum absolute atomic E-state index is 14.3. The van der Waals surface area contributed by atoms with Crippen LogP contribution >= 0.6 is 0 Å². The fourth-order valence-corrected chi connectivity index (χ4v) is 4.58. The van der Waals surface area contributed by atoms with E-state index in [9.17, 15) is 9.59 Å². The average molecular weight is 560 g/mol. The molecule has 1 N–H and O–H groups in total. The van der Waals surface area contributed by atoms with E-state index in [4.69, 9.17) is 14.2 Å². The molecule has 0 spiro atoms. The Bertz CT molecular complexity index is 1520. The van der Waals surface area contributed by atoms with E-state index in [1.54, 1.807) is 42.0 Å². The molecule has 3 aromatic carbocycles. The summed E-state index contributed by atoms with van der Waals surface area (Å²) in [6, 6.07) is 19.0. The van der Waals surface area contributed by atoms with Crippen molar-refractivity contribution < 1.29 is 23.8 Å². The highest BCUT2D eigenvalue weighted by molar-refractivity contribution is 5.90. The molecule has 0 fully saturated rings. The largest absolute Gasteiger partial charge is 0.497 e. The number of carbonyl (C=O) groups is 2. The summed E-state index contributed by atoms with van der Waals surface area (Å²) in [5, 5.41) is 11.5. The van der Waals surface area contributed by atoms with E-state index in [-0.39, 0.29) is 24.9 Å². The minimum Gasteiger partial charge on any atom is -0.497 e. The summed E-state index contributed by atoms with van der Waals surface area (Å²) in [6.07, 6.45) is 0.691. The number of benzene rings is 3. The molecule has 0 bridgehead atoms. The summed E-state index contributed by atoms with van der Waals surface area (Å²) in [7, 11) is 4.66. The number of hydrogen-bond acceptors (Lipinski definition) is 7. The molecular formula is C31H37N5O5. The standard InChI is InChI=1S/C31H37N5O5/c1-7-31(2,3)32-30(38)29(23-17-16-22(39-4)18-27(23)41-6)35(19-21-12-8-11-15-26(21)40-5)28(37)20-36-25-14-10-9-13-24(25)33-34-36/h8-18,29H,7,19-20H2,1-6H3,(H,32,38). The van der Waals surface area contributed by atoms with Crippen LogP contribution in [0.2, 0.25) is 0 Å². The van der Waals surface area contributed by atoms with Gasteiger partial charge in [-0.3, -0.25) is 9.59 Å². The van der Waals surface area contributed by atoms with Gasteiger partial charge in [0, 0.05) is 22.7 Å². The summed E-state index contributed by atoms with van der Waals surface area (Å²) < 4.78 is 18.3. The van der Waals surface area contributed by atoms with Crippen LogP contribution in [0.5, 0.6) is 17.2 Å². The van der Waals surface area contributed by atoms with E-state index in [0.717, 1.165) is 5.56 Å². The zero-order chi connectivity index (χ0) is 29.6. The van der Waals surface area contributed by atoms with Gasteiger partial charge in [-0.1, -0.05) is 42.5 Å². The Labute approximate surface area is 240 Å². The number of nitrogens with zero attached hydrogens (tertiary/aromatic N) is 4. The number of fused-ring (bicyclic) bond motifs is 1. The molecule has 1 heterocycles. The van der Waals surface area contributed by atoms with Crippen molar-refractivity contribution >= 4 is 22.8 Å². The minimum absolute atomic E-state index is 0.0926. The molecule has 0 aliphatic carbocycles. The first-order chi connectivity index (χ1) is 19.7. The molecule has 0 radical (unpaired) electrons. The Morgan fingerprint density at radius 2 is 1.66 bits per heavy atom. The molecule has 41 heavy (non-hydrogen) atoms. The average Bonchev–Trinajstić information content (AvgIpc) is 3.39. The molecule has 0 saturated heterocycles. The maximum atomic E-state index is 14.3. The molecule has 1 atom stereocenters. The van der Waals surface area contributed by atoms with E-state index in [2.05, 4.69) is 15.6 Å². The lowest BCUT2D eigenvalue weighted by atomic mass is 9.97. The summed E-state index contributed by atoms with van der Waals surface area (Å²) in [5.41, 5.74) is 2.13. The van der Waals surface area contributed by atoms with Gasteiger partial charge in [0.05, 0.1) is 33.4 Å². The number of rotatable bonds is 12. The molecular weight excluding hydrogens is 522 g/mol. The number of amides is 2. The van der Waals surface area contributed by atoms with E-state index in [1.165, 1.54) is 7.11 Å². The van der Waals surface area contributed by atoms with Crippen LogP contribution in [0.4, 0.5) is 0 Å². The highest BCUT2D eigenvalue weighted by Gasteiger charge is 2.36. The van der Waals surface area contributed by atoms with Gasteiger partial charge in [-0.25, -0.2) is 4.68 Å². The molecule has 1 aromatic heterocycles. The van der Waals surface area contributed by atoms with Crippen LogP contribution in [0, 0.1) is 0 Å². The van der Waals surface area contributed by atoms with Crippen molar-refractivity contribution in [3.05, 3.63) is 77.9 Å². The van der Waals surface area contributed by atoms with Crippen molar-refractivity contribution in [2.24, 2.45) is 0 Å². The summed E-state index contributed by atoms with van der Waals surface area (Å²) >= 11 is 0. The Balaban J connectivity index is 1.86. The van der Waals surface area contributed by atoms with Crippen LogP contribution in [-0.4, -0.2) is 58.6 Å². The van der Waals surface area contributed by atoms with Crippen LogP contribution in [0.1, 0.15) is 44.4 Å².